The van der Waals surface area contributed by atoms with Crippen LogP contribution >= 0.6 is 34.5 Å². The highest BCUT2D eigenvalue weighted by atomic mass is 35.5. The van der Waals surface area contributed by atoms with Gasteiger partial charge in [0.2, 0.25) is 5.88 Å². The Kier molecular flexibility index (Phi) is 5.60. The summed E-state index contributed by atoms with van der Waals surface area (Å²) in [7, 11) is 1.59. The Balaban J connectivity index is 2.22. The molecule has 2 aromatic rings. The molecule has 0 spiro atoms. The predicted octanol–water partition coefficient (Wildman–Crippen LogP) is 3.75. The summed E-state index contributed by atoms with van der Waals surface area (Å²) in [6.45, 7) is 2.88. The number of ether oxygens (including phenoxy) is 1. The van der Waals surface area contributed by atoms with E-state index in [1.165, 1.54) is 17.7 Å². The number of nitrogens with one attached hydrogen (secondary N) is 1. The number of thiophene rings is 1. The van der Waals surface area contributed by atoms with E-state index in [1.54, 1.807) is 7.11 Å². The van der Waals surface area contributed by atoms with E-state index >= 15 is 0 Å². The molecule has 0 aliphatic heterocycles. The average Bonchev–Trinajstić information content (AvgIpc) is 2.77. The highest BCUT2D eigenvalue weighted by molar-refractivity contribution is 7.20. The van der Waals surface area contributed by atoms with Gasteiger partial charge in [0.05, 0.1) is 15.8 Å². The second-order valence-corrected chi connectivity index (χ2v) is 6.43. The maximum absolute atomic E-state index is 6.24. The number of rotatable bonds is 6. The number of aromatic nitrogens is 2. The topological polar surface area (TPSA) is 47.0 Å². The summed E-state index contributed by atoms with van der Waals surface area (Å²) in [6.07, 6.45) is 2.19. The van der Waals surface area contributed by atoms with Gasteiger partial charge in [-0.2, -0.15) is 0 Å². The lowest BCUT2D eigenvalue weighted by Gasteiger charge is -2.17. The molecule has 4 nitrogen and oxygen atoms in total. The minimum Gasteiger partial charge on any atom is -0.481 e. The molecule has 0 bridgehead atoms. The maximum Gasteiger partial charge on any atom is 0.216 e. The minimum atomic E-state index is 0.0656. The van der Waals surface area contributed by atoms with Gasteiger partial charge in [0.1, 0.15) is 6.33 Å². The first kappa shape index (κ1) is 15.5. The summed E-state index contributed by atoms with van der Waals surface area (Å²) in [4.78, 5) is 8.27. The molecule has 2 rings (SSSR count). The van der Waals surface area contributed by atoms with Crippen molar-refractivity contribution in [1.29, 1.82) is 0 Å². The van der Waals surface area contributed by atoms with Crippen molar-refractivity contribution in [3.63, 3.8) is 0 Å². The largest absolute Gasteiger partial charge is 0.481 e. The van der Waals surface area contributed by atoms with E-state index < -0.39 is 0 Å². The van der Waals surface area contributed by atoms with Crippen LogP contribution in [0.2, 0.25) is 8.67 Å². The van der Waals surface area contributed by atoms with Crippen molar-refractivity contribution >= 4 is 34.5 Å². The molecule has 1 atom stereocenters. The van der Waals surface area contributed by atoms with Crippen LogP contribution in [0.25, 0.3) is 0 Å². The zero-order chi connectivity index (χ0) is 14.5. The van der Waals surface area contributed by atoms with Crippen LogP contribution in [0.15, 0.2) is 18.5 Å². The molecule has 2 heterocycles. The number of hydrogen-bond donors (Lipinski definition) is 1. The van der Waals surface area contributed by atoms with Gasteiger partial charge in [-0.05, 0) is 12.6 Å². The fraction of sp³-hybridized carbons (Fsp3) is 0.385. The molecule has 0 saturated carbocycles. The molecule has 0 fully saturated rings. The van der Waals surface area contributed by atoms with E-state index in [9.17, 15) is 0 Å². The van der Waals surface area contributed by atoms with Crippen molar-refractivity contribution in [1.82, 2.24) is 15.3 Å². The highest BCUT2D eigenvalue weighted by Crippen LogP contribution is 2.36. The van der Waals surface area contributed by atoms with E-state index in [0.717, 1.165) is 17.8 Å². The fourth-order valence-electron chi connectivity index (χ4n) is 1.94. The smallest absolute Gasteiger partial charge is 0.216 e. The SMILES string of the molecule is CCNC(Cc1cc(OC)ncn1)c1cc(Cl)sc1Cl. The summed E-state index contributed by atoms with van der Waals surface area (Å²) in [6, 6.07) is 3.79. The Bertz CT molecular complexity index is 576. The fourth-order valence-corrected chi connectivity index (χ4v) is 3.52. The van der Waals surface area contributed by atoms with Gasteiger partial charge >= 0.3 is 0 Å². The van der Waals surface area contributed by atoms with Crippen LogP contribution in [0.1, 0.15) is 24.2 Å². The van der Waals surface area contributed by atoms with Crippen molar-refractivity contribution < 1.29 is 4.74 Å². The molecule has 1 N–H and O–H groups in total. The maximum atomic E-state index is 6.24. The zero-order valence-electron chi connectivity index (χ0n) is 11.2. The van der Waals surface area contributed by atoms with Gasteiger partial charge in [-0.25, -0.2) is 9.97 Å². The Labute approximate surface area is 132 Å². The summed E-state index contributed by atoms with van der Waals surface area (Å²) < 4.78 is 6.51. The van der Waals surface area contributed by atoms with Crippen molar-refractivity contribution in [2.24, 2.45) is 0 Å². The summed E-state index contributed by atoms with van der Waals surface area (Å²) in [5, 5.41) is 3.40. The second-order valence-electron chi connectivity index (χ2n) is 4.15. The third-order valence-electron chi connectivity index (χ3n) is 2.83. The average molecular weight is 332 g/mol. The van der Waals surface area contributed by atoms with Crippen LogP contribution in [0.5, 0.6) is 5.88 Å². The number of likely N-dealkylation sites (N-methyl/N-ethyl adjacent to an activating group) is 1. The van der Waals surface area contributed by atoms with E-state index in [-0.39, 0.29) is 6.04 Å². The summed E-state index contributed by atoms with van der Waals surface area (Å²) in [5.41, 5.74) is 1.89. The van der Waals surface area contributed by atoms with E-state index in [0.29, 0.717) is 21.0 Å². The molecule has 7 heteroatoms. The number of nitrogens with zero attached hydrogens (tertiary/aromatic N) is 2. The molecule has 20 heavy (non-hydrogen) atoms. The highest BCUT2D eigenvalue weighted by Gasteiger charge is 2.18. The zero-order valence-corrected chi connectivity index (χ0v) is 13.5. The van der Waals surface area contributed by atoms with Gasteiger partial charge in [0.15, 0.2) is 0 Å². The van der Waals surface area contributed by atoms with E-state index in [2.05, 4.69) is 22.2 Å². The standard InChI is InChI=1S/C13H15Cl2N3OS/c1-3-16-10(9-6-11(14)20-13(9)15)4-8-5-12(19-2)18-7-17-8/h5-7,10,16H,3-4H2,1-2H3. The monoisotopic (exact) mass is 331 g/mol. The van der Waals surface area contributed by atoms with Crippen LogP contribution in [-0.2, 0) is 6.42 Å². The van der Waals surface area contributed by atoms with Crippen LogP contribution in [0.3, 0.4) is 0 Å². The first-order valence-corrected chi connectivity index (χ1v) is 7.74. The molecule has 2 aromatic heterocycles. The van der Waals surface area contributed by atoms with Crippen molar-refractivity contribution in [2.45, 2.75) is 19.4 Å². The van der Waals surface area contributed by atoms with Crippen LogP contribution in [0, 0.1) is 0 Å². The third-order valence-corrected chi connectivity index (χ3v) is 4.35. The molecule has 0 aliphatic rings. The quantitative estimate of drug-likeness (QED) is 0.875. The van der Waals surface area contributed by atoms with Gasteiger partial charge in [0.25, 0.3) is 0 Å². The van der Waals surface area contributed by atoms with Crippen LogP contribution in [0.4, 0.5) is 0 Å². The first-order chi connectivity index (χ1) is 9.63. The van der Waals surface area contributed by atoms with Gasteiger partial charge in [-0.3, -0.25) is 0 Å². The number of halogens is 2. The van der Waals surface area contributed by atoms with Gasteiger partial charge in [0, 0.05) is 29.8 Å². The molecule has 0 radical (unpaired) electrons. The van der Waals surface area contributed by atoms with Crippen LogP contribution in [-0.4, -0.2) is 23.6 Å². The molecule has 0 aromatic carbocycles. The molecule has 1 unspecified atom stereocenters. The summed E-state index contributed by atoms with van der Waals surface area (Å²) in [5.74, 6) is 0.555. The number of hydrogen-bond acceptors (Lipinski definition) is 5. The lowest BCUT2D eigenvalue weighted by molar-refractivity contribution is 0.395. The molecule has 0 amide bonds. The lowest BCUT2D eigenvalue weighted by atomic mass is 10.0. The van der Waals surface area contributed by atoms with Crippen molar-refractivity contribution in [3.8, 4) is 5.88 Å². The third kappa shape index (κ3) is 3.82. The van der Waals surface area contributed by atoms with Gasteiger partial charge in [-0.15, -0.1) is 11.3 Å². The van der Waals surface area contributed by atoms with Gasteiger partial charge in [-0.1, -0.05) is 30.1 Å². The molecule has 0 saturated heterocycles. The first-order valence-electron chi connectivity index (χ1n) is 6.17. The Morgan fingerprint density at radius 2 is 2.15 bits per heavy atom. The van der Waals surface area contributed by atoms with E-state index in [4.69, 9.17) is 27.9 Å². The second kappa shape index (κ2) is 7.22. The Morgan fingerprint density at radius 1 is 1.35 bits per heavy atom. The Hall–Kier alpha value is -0.880. The summed E-state index contributed by atoms with van der Waals surface area (Å²) >= 11 is 13.6. The normalized spacial score (nSPS) is 12.4. The van der Waals surface area contributed by atoms with Gasteiger partial charge < -0.3 is 10.1 Å². The predicted molar refractivity (Wildman–Crippen MR) is 83.0 cm³/mol. The van der Waals surface area contributed by atoms with Crippen LogP contribution < -0.4 is 10.1 Å². The molecule has 108 valence electrons. The number of methoxy groups -OCH3 is 1. The van der Waals surface area contributed by atoms with E-state index in [1.807, 2.05) is 12.1 Å². The molecule has 0 aliphatic carbocycles. The molecular formula is C13H15Cl2N3OS. The van der Waals surface area contributed by atoms with Crippen molar-refractivity contribution in [2.75, 3.05) is 13.7 Å². The molecular weight excluding hydrogens is 317 g/mol. The Morgan fingerprint density at radius 3 is 2.75 bits per heavy atom. The lowest BCUT2D eigenvalue weighted by Crippen LogP contribution is -2.23. The minimum absolute atomic E-state index is 0.0656. The van der Waals surface area contributed by atoms with Crippen molar-refractivity contribution in [3.05, 3.63) is 38.4 Å².